The van der Waals surface area contributed by atoms with Gasteiger partial charge in [-0.3, -0.25) is 9.59 Å². The molecule has 6 rings (SSSR count). The van der Waals surface area contributed by atoms with Crippen LogP contribution in [-0.4, -0.2) is 28.0 Å². The van der Waals surface area contributed by atoms with Gasteiger partial charge in [-0.05, 0) is 43.2 Å². The van der Waals surface area contributed by atoms with Crippen LogP contribution in [0, 0.1) is 0 Å². The second-order valence-corrected chi connectivity index (χ2v) is 8.54. The second-order valence-electron chi connectivity index (χ2n) is 8.54. The van der Waals surface area contributed by atoms with E-state index in [0.29, 0.717) is 35.1 Å². The molecule has 3 aliphatic rings. The number of rotatable bonds is 1. The van der Waals surface area contributed by atoms with Crippen LogP contribution in [0.2, 0.25) is 0 Å². The van der Waals surface area contributed by atoms with Gasteiger partial charge in [-0.15, -0.1) is 0 Å². The summed E-state index contributed by atoms with van der Waals surface area (Å²) < 4.78 is 12.2. The number of ether oxygens (including phenoxy) is 2. The molecule has 3 heterocycles. The number of imide groups is 1. The van der Waals surface area contributed by atoms with Gasteiger partial charge < -0.3 is 19.7 Å². The zero-order chi connectivity index (χ0) is 23.6. The number of anilines is 1. The van der Waals surface area contributed by atoms with Crippen molar-refractivity contribution in [1.29, 1.82) is 0 Å². The van der Waals surface area contributed by atoms with E-state index in [4.69, 9.17) is 9.47 Å². The number of carbonyl (C=O) groups excluding carboxylic acids is 3. The average Bonchev–Trinajstić information content (AvgIpc) is 3.00. The van der Waals surface area contributed by atoms with Crippen LogP contribution >= 0.6 is 0 Å². The largest absolute Gasteiger partial charge is 0.508 e. The molecule has 3 aromatic carbocycles. The third kappa shape index (κ3) is 2.62. The Morgan fingerprint density at radius 2 is 1.53 bits per heavy atom. The van der Waals surface area contributed by atoms with Gasteiger partial charge in [0.2, 0.25) is 11.8 Å². The highest BCUT2D eigenvalue weighted by molar-refractivity contribution is 6.17. The molecule has 0 radical (unpaired) electrons. The van der Waals surface area contributed by atoms with Gasteiger partial charge in [-0.2, -0.15) is 0 Å². The van der Waals surface area contributed by atoms with E-state index in [1.165, 1.54) is 18.2 Å². The van der Waals surface area contributed by atoms with E-state index in [1.807, 2.05) is 0 Å². The second kappa shape index (κ2) is 7.08. The Kier molecular flexibility index (Phi) is 4.23. The van der Waals surface area contributed by atoms with Gasteiger partial charge in [0.05, 0.1) is 11.1 Å². The number of amides is 2. The average molecular weight is 457 g/mol. The monoisotopic (exact) mass is 457 g/mol. The molecule has 2 N–H and O–H groups in total. The summed E-state index contributed by atoms with van der Waals surface area (Å²) in [6.07, 6.45) is 1.41. The van der Waals surface area contributed by atoms with Crippen molar-refractivity contribution < 1.29 is 34.1 Å². The maximum absolute atomic E-state index is 12.9. The predicted molar refractivity (Wildman–Crippen MR) is 119 cm³/mol. The zero-order valence-corrected chi connectivity index (χ0v) is 17.9. The first-order valence-electron chi connectivity index (χ1n) is 11.0. The summed E-state index contributed by atoms with van der Waals surface area (Å²) in [7, 11) is 0. The van der Waals surface area contributed by atoms with Crippen LogP contribution in [0.5, 0.6) is 23.0 Å². The summed E-state index contributed by atoms with van der Waals surface area (Å²) in [4.78, 5) is 39.8. The predicted octanol–water partition coefficient (Wildman–Crippen LogP) is 4.10. The lowest BCUT2D eigenvalue weighted by Gasteiger charge is -2.38. The third-order valence-corrected chi connectivity index (χ3v) is 6.57. The van der Waals surface area contributed by atoms with Crippen LogP contribution < -0.4 is 9.64 Å². The van der Waals surface area contributed by atoms with Gasteiger partial charge in [0.25, 0.3) is 0 Å². The molecule has 1 atom stereocenters. The molecule has 2 amide bonds. The molecule has 0 bridgehead atoms. The van der Waals surface area contributed by atoms with E-state index < -0.39 is 23.4 Å². The first-order chi connectivity index (χ1) is 16.4. The van der Waals surface area contributed by atoms with E-state index in [-0.39, 0.29) is 41.5 Å². The van der Waals surface area contributed by atoms with Crippen molar-refractivity contribution in [2.45, 2.75) is 31.3 Å². The molecule has 1 saturated heterocycles. The first-order valence-corrected chi connectivity index (χ1v) is 11.0. The fourth-order valence-electron chi connectivity index (χ4n) is 5.08. The standard InChI is InChI=1S/C26H19NO7/c28-14-9-10-17-20(13-14)33-24-18(26(17)16-6-2-1-5-15(16)25(32)34-26)11-12-19(29)23(24)27-21(30)7-3-4-8-22(27)31/h1-2,5-6,9-13,28-29H,3-4,7-8H2. The van der Waals surface area contributed by atoms with Gasteiger partial charge >= 0.3 is 5.97 Å². The number of aromatic hydroxyl groups is 2. The Balaban J connectivity index is 1.69. The summed E-state index contributed by atoms with van der Waals surface area (Å²) in [6, 6.07) is 14.3. The van der Waals surface area contributed by atoms with Gasteiger partial charge in [-0.1, -0.05) is 18.2 Å². The normalized spacial score (nSPS) is 20.8. The van der Waals surface area contributed by atoms with Crippen LogP contribution in [0.4, 0.5) is 5.69 Å². The lowest BCUT2D eigenvalue weighted by Crippen LogP contribution is -2.38. The maximum atomic E-state index is 12.9. The van der Waals surface area contributed by atoms with Gasteiger partial charge in [0.15, 0.2) is 11.4 Å². The number of hydrogen-bond acceptors (Lipinski definition) is 7. The topological polar surface area (TPSA) is 113 Å². The number of nitrogens with zero attached hydrogens (tertiary/aromatic N) is 1. The third-order valence-electron chi connectivity index (χ3n) is 6.57. The minimum absolute atomic E-state index is 0.0196. The Morgan fingerprint density at radius 1 is 0.824 bits per heavy atom. The van der Waals surface area contributed by atoms with Crippen LogP contribution in [0.25, 0.3) is 0 Å². The first kappa shape index (κ1) is 20.3. The zero-order valence-electron chi connectivity index (χ0n) is 17.9. The van der Waals surface area contributed by atoms with Crippen LogP contribution in [0.1, 0.15) is 52.7 Å². The molecule has 1 fully saturated rings. The lowest BCUT2D eigenvalue weighted by atomic mass is 9.77. The SMILES string of the molecule is O=C1OC2(c3ccc(O)cc3Oc3c2ccc(O)c3N2C(=O)CCCCC2=O)c2ccccc21. The molecule has 8 heteroatoms. The molecule has 0 aliphatic carbocycles. The number of benzene rings is 3. The van der Waals surface area contributed by atoms with Crippen molar-refractivity contribution >= 4 is 23.5 Å². The Morgan fingerprint density at radius 3 is 2.29 bits per heavy atom. The molecule has 1 spiro atoms. The summed E-state index contributed by atoms with van der Waals surface area (Å²) >= 11 is 0. The van der Waals surface area contributed by atoms with Gasteiger partial charge in [-0.25, -0.2) is 9.69 Å². The number of phenolic OH excluding ortho intramolecular Hbond substituents is 2. The highest BCUT2D eigenvalue weighted by atomic mass is 16.6. The highest BCUT2D eigenvalue weighted by Gasteiger charge is 2.54. The number of carbonyl (C=O) groups is 3. The maximum Gasteiger partial charge on any atom is 0.340 e. The van der Waals surface area contributed by atoms with Crippen molar-refractivity contribution in [3.05, 3.63) is 76.9 Å². The molecule has 0 aromatic heterocycles. The number of hydrogen-bond donors (Lipinski definition) is 2. The van der Waals surface area contributed by atoms with Crippen LogP contribution in [0.15, 0.2) is 54.6 Å². The quantitative estimate of drug-likeness (QED) is 0.418. The van der Waals surface area contributed by atoms with Crippen molar-refractivity contribution in [2.75, 3.05) is 4.90 Å². The summed E-state index contributed by atoms with van der Waals surface area (Å²) in [5, 5.41) is 21.0. The van der Waals surface area contributed by atoms with E-state index in [0.717, 1.165) is 4.90 Å². The van der Waals surface area contributed by atoms with Crippen LogP contribution in [-0.2, 0) is 19.9 Å². The highest BCUT2D eigenvalue weighted by Crippen LogP contribution is 2.60. The minimum Gasteiger partial charge on any atom is -0.508 e. The number of esters is 1. The molecule has 0 saturated carbocycles. The van der Waals surface area contributed by atoms with E-state index >= 15 is 0 Å². The molecule has 170 valence electrons. The minimum atomic E-state index is -1.45. The molecular formula is C26H19NO7. The lowest BCUT2D eigenvalue weighted by molar-refractivity contribution is -0.125. The molecule has 3 aromatic rings. The molecule has 3 aliphatic heterocycles. The molecule has 34 heavy (non-hydrogen) atoms. The Labute approximate surface area is 194 Å². The fourth-order valence-corrected chi connectivity index (χ4v) is 5.08. The molecule has 8 nitrogen and oxygen atoms in total. The Bertz CT molecular complexity index is 1390. The van der Waals surface area contributed by atoms with Gasteiger partial charge in [0, 0.05) is 30.0 Å². The fraction of sp³-hybridized carbons (Fsp3) is 0.192. The summed E-state index contributed by atoms with van der Waals surface area (Å²) in [5.74, 6) is -1.65. The summed E-state index contributed by atoms with van der Waals surface area (Å²) in [6.45, 7) is 0. The molecule has 1 unspecified atom stereocenters. The van der Waals surface area contributed by atoms with E-state index in [1.54, 1.807) is 36.4 Å². The van der Waals surface area contributed by atoms with Gasteiger partial charge in [0.1, 0.15) is 22.9 Å². The van der Waals surface area contributed by atoms with Crippen molar-refractivity contribution in [1.82, 2.24) is 0 Å². The number of fused-ring (bicyclic) bond motifs is 6. The van der Waals surface area contributed by atoms with E-state index in [9.17, 15) is 24.6 Å². The van der Waals surface area contributed by atoms with Crippen LogP contribution in [0.3, 0.4) is 0 Å². The summed E-state index contributed by atoms with van der Waals surface area (Å²) in [5.41, 5.74) is 0.212. The van der Waals surface area contributed by atoms with Crippen molar-refractivity contribution in [3.8, 4) is 23.0 Å². The number of phenols is 2. The van der Waals surface area contributed by atoms with Crippen molar-refractivity contribution in [2.24, 2.45) is 0 Å². The smallest absolute Gasteiger partial charge is 0.340 e. The van der Waals surface area contributed by atoms with E-state index in [2.05, 4.69) is 0 Å². The molecular weight excluding hydrogens is 438 g/mol. The Hall–Kier alpha value is -4.33. The van der Waals surface area contributed by atoms with Crippen molar-refractivity contribution in [3.63, 3.8) is 0 Å².